The fourth-order valence-corrected chi connectivity index (χ4v) is 5.82. The molecule has 2 saturated carbocycles. The minimum Gasteiger partial charge on any atom is -0.429 e. The van der Waals surface area contributed by atoms with E-state index in [0.29, 0.717) is 11.3 Å². The van der Waals surface area contributed by atoms with Crippen molar-refractivity contribution >= 4 is 10.8 Å². The number of unbranched alkanes of at least 4 members (excludes halogenated alkanes) is 1. The summed E-state index contributed by atoms with van der Waals surface area (Å²) in [5.41, 5.74) is 1.09. The molecule has 0 heterocycles. The highest BCUT2D eigenvalue weighted by molar-refractivity contribution is 5.85. The summed E-state index contributed by atoms with van der Waals surface area (Å²) >= 11 is 0. The average Bonchev–Trinajstić information content (AvgIpc) is 2.74. The molecule has 30 heavy (non-hydrogen) atoms. The highest BCUT2D eigenvalue weighted by Gasteiger charge is 2.35. The number of halogens is 4. The molecule has 0 aliphatic heterocycles. The molecule has 0 radical (unpaired) electrons. The normalized spacial score (nSPS) is 26.7. The lowest BCUT2D eigenvalue weighted by atomic mass is 9.63. The topological polar surface area (TPSA) is 9.23 Å². The van der Waals surface area contributed by atoms with E-state index in [9.17, 15) is 17.6 Å². The molecule has 164 valence electrons. The molecule has 2 aliphatic rings. The first kappa shape index (κ1) is 21.5. The Morgan fingerprint density at radius 3 is 2.53 bits per heavy atom. The first-order chi connectivity index (χ1) is 14.5. The number of alkyl halides is 2. The first-order valence-corrected chi connectivity index (χ1v) is 11.3. The van der Waals surface area contributed by atoms with Gasteiger partial charge >= 0.3 is 6.61 Å². The van der Waals surface area contributed by atoms with Crippen molar-refractivity contribution in [1.29, 1.82) is 0 Å². The molecule has 5 heteroatoms. The van der Waals surface area contributed by atoms with E-state index in [1.54, 1.807) is 6.07 Å². The number of hydrogen-bond acceptors (Lipinski definition) is 1. The molecule has 0 aromatic heterocycles. The Hall–Kier alpha value is -1.78. The molecule has 2 aromatic carbocycles. The molecule has 4 atom stereocenters. The van der Waals surface area contributed by atoms with E-state index in [1.807, 2.05) is 12.1 Å². The summed E-state index contributed by atoms with van der Waals surface area (Å²) in [5.74, 6) is -0.318. The van der Waals surface area contributed by atoms with Crippen molar-refractivity contribution < 1.29 is 22.3 Å². The van der Waals surface area contributed by atoms with Gasteiger partial charge in [-0.1, -0.05) is 50.8 Å². The Morgan fingerprint density at radius 1 is 1.00 bits per heavy atom. The summed E-state index contributed by atoms with van der Waals surface area (Å²) in [4.78, 5) is 0. The van der Waals surface area contributed by atoms with Crippen LogP contribution in [0.15, 0.2) is 24.3 Å². The van der Waals surface area contributed by atoms with Gasteiger partial charge < -0.3 is 4.74 Å². The second kappa shape index (κ2) is 9.15. The lowest BCUT2D eigenvalue weighted by Gasteiger charge is -2.42. The Morgan fingerprint density at radius 2 is 1.77 bits per heavy atom. The number of ether oxygens (including phenoxy) is 1. The molecule has 2 fully saturated rings. The summed E-state index contributed by atoms with van der Waals surface area (Å²) in [6.45, 7) is -1.01. The van der Waals surface area contributed by atoms with Crippen molar-refractivity contribution in [3.05, 3.63) is 41.5 Å². The van der Waals surface area contributed by atoms with Crippen molar-refractivity contribution in [2.75, 3.05) is 0 Å². The van der Waals surface area contributed by atoms with Gasteiger partial charge in [0.25, 0.3) is 0 Å². The molecule has 2 aromatic rings. The van der Waals surface area contributed by atoms with Gasteiger partial charge in [0.2, 0.25) is 0 Å². The Labute approximate surface area is 175 Å². The smallest absolute Gasteiger partial charge is 0.387 e. The monoisotopic (exact) mass is 422 g/mol. The van der Waals surface area contributed by atoms with Crippen LogP contribution in [0.4, 0.5) is 17.6 Å². The average molecular weight is 423 g/mol. The highest BCUT2D eigenvalue weighted by Crippen LogP contribution is 2.48. The fraction of sp³-hybridized carbons (Fsp3) is 0.600. The van der Waals surface area contributed by atoms with Crippen LogP contribution in [0.5, 0.6) is 5.75 Å². The number of hydrogen-bond donors (Lipinski definition) is 0. The van der Waals surface area contributed by atoms with Gasteiger partial charge in [-0.05, 0) is 72.8 Å². The van der Waals surface area contributed by atoms with Crippen molar-refractivity contribution in [1.82, 2.24) is 0 Å². The molecular weight excluding hydrogens is 392 g/mol. The van der Waals surface area contributed by atoms with Gasteiger partial charge in [-0.2, -0.15) is 8.78 Å². The lowest BCUT2D eigenvalue weighted by Crippen LogP contribution is -2.30. The van der Waals surface area contributed by atoms with Crippen LogP contribution >= 0.6 is 0 Å². The van der Waals surface area contributed by atoms with E-state index in [0.717, 1.165) is 42.2 Å². The van der Waals surface area contributed by atoms with Crippen LogP contribution in [0, 0.1) is 29.4 Å². The third-order valence-electron chi connectivity index (χ3n) is 7.38. The minimum absolute atomic E-state index is 0.112. The maximum absolute atomic E-state index is 14.5. The van der Waals surface area contributed by atoms with Gasteiger partial charge in [-0.25, -0.2) is 8.78 Å². The Bertz CT molecular complexity index is 881. The van der Waals surface area contributed by atoms with Crippen LogP contribution in [0.1, 0.15) is 76.2 Å². The number of benzene rings is 2. The molecule has 4 unspecified atom stereocenters. The Balaban J connectivity index is 1.49. The molecule has 0 bridgehead atoms. The Kier molecular flexibility index (Phi) is 6.54. The maximum Gasteiger partial charge on any atom is 0.387 e. The molecule has 0 amide bonds. The predicted molar refractivity (Wildman–Crippen MR) is 111 cm³/mol. The zero-order valence-electron chi connectivity index (χ0n) is 17.5. The van der Waals surface area contributed by atoms with Gasteiger partial charge in [0.15, 0.2) is 17.4 Å². The van der Waals surface area contributed by atoms with E-state index in [2.05, 4.69) is 11.7 Å². The second-order valence-corrected chi connectivity index (χ2v) is 9.21. The van der Waals surface area contributed by atoms with Gasteiger partial charge in [-0.3, -0.25) is 0 Å². The van der Waals surface area contributed by atoms with E-state index in [-0.39, 0.29) is 5.39 Å². The molecule has 1 nitrogen and oxygen atoms in total. The third-order valence-corrected chi connectivity index (χ3v) is 7.38. The van der Waals surface area contributed by atoms with Crippen LogP contribution in [-0.2, 0) is 0 Å². The van der Waals surface area contributed by atoms with Crippen LogP contribution in [0.2, 0.25) is 0 Å². The molecule has 0 N–H and O–H groups in total. The molecular formula is C25H30F4O. The largest absolute Gasteiger partial charge is 0.429 e. The van der Waals surface area contributed by atoms with E-state index in [1.165, 1.54) is 44.9 Å². The quantitative estimate of drug-likeness (QED) is 0.426. The van der Waals surface area contributed by atoms with Crippen molar-refractivity contribution in [3.63, 3.8) is 0 Å². The summed E-state index contributed by atoms with van der Waals surface area (Å²) in [7, 11) is 0. The van der Waals surface area contributed by atoms with Crippen molar-refractivity contribution in [2.45, 2.75) is 77.2 Å². The number of fused-ring (bicyclic) bond motifs is 2. The standard InChI is InChI=1S/C25H30F4O/c1-2-3-4-15-5-6-17-12-18(8-7-16(17)11-15)19-9-10-21-20(13-19)14-22(26)24(23(21)27)30-25(28)29/h9-10,13-18,25H,2-8,11-12H2,1H3. The summed E-state index contributed by atoms with van der Waals surface area (Å²) in [5, 5.41) is 0.510. The van der Waals surface area contributed by atoms with Gasteiger partial charge in [-0.15, -0.1) is 0 Å². The zero-order valence-corrected chi connectivity index (χ0v) is 17.5. The highest BCUT2D eigenvalue weighted by atomic mass is 19.3. The van der Waals surface area contributed by atoms with E-state index in [4.69, 9.17) is 0 Å². The maximum atomic E-state index is 14.5. The first-order valence-electron chi connectivity index (χ1n) is 11.3. The van der Waals surface area contributed by atoms with Gasteiger partial charge in [0, 0.05) is 5.39 Å². The summed E-state index contributed by atoms with van der Waals surface area (Å²) in [6.07, 6.45) is 11.4. The second-order valence-electron chi connectivity index (χ2n) is 9.21. The van der Waals surface area contributed by atoms with Gasteiger partial charge in [0.05, 0.1) is 0 Å². The van der Waals surface area contributed by atoms with Gasteiger partial charge in [0.1, 0.15) is 0 Å². The molecule has 0 spiro atoms. The predicted octanol–water partition coefficient (Wildman–Crippen LogP) is 8.21. The van der Waals surface area contributed by atoms with Crippen LogP contribution < -0.4 is 4.74 Å². The molecule has 4 rings (SSSR count). The SMILES string of the molecule is CCCCC1CCC2CC(c3ccc4c(F)c(OC(F)F)c(F)cc4c3)CCC2C1. The van der Waals surface area contributed by atoms with Crippen molar-refractivity contribution in [3.8, 4) is 5.75 Å². The third kappa shape index (κ3) is 4.45. The minimum atomic E-state index is -3.27. The van der Waals surface area contributed by atoms with Crippen LogP contribution in [0.3, 0.4) is 0 Å². The lowest BCUT2D eigenvalue weighted by molar-refractivity contribution is -0.0544. The van der Waals surface area contributed by atoms with E-state index >= 15 is 0 Å². The molecule has 0 saturated heterocycles. The molecule has 2 aliphatic carbocycles. The summed E-state index contributed by atoms with van der Waals surface area (Å²) < 4.78 is 57.6. The van der Waals surface area contributed by atoms with Crippen LogP contribution in [-0.4, -0.2) is 6.61 Å². The van der Waals surface area contributed by atoms with E-state index < -0.39 is 24.0 Å². The fourth-order valence-electron chi connectivity index (χ4n) is 5.82. The van der Waals surface area contributed by atoms with Crippen molar-refractivity contribution in [2.24, 2.45) is 17.8 Å². The zero-order chi connectivity index (χ0) is 21.3. The number of rotatable bonds is 6. The van der Waals surface area contributed by atoms with Crippen LogP contribution in [0.25, 0.3) is 10.8 Å². The summed E-state index contributed by atoms with van der Waals surface area (Å²) in [6, 6.07) is 6.37.